The maximum atomic E-state index is 12.5. The normalized spacial score (nSPS) is 12.0. The lowest BCUT2D eigenvalue weighted by atomic mass is 10.1. The molecule has 3 aromatic rings. The van der Waals surface area contributed by atoms with Crippen LogP contribution >= 0.6 is 0 Å². The van der Waals surface area contributed by atoms with Crippen molar-refractivity contribution in [2.75, 3.05) is 5.73 Å². The van der Waals surface area contributed by atoms with E-state index in [4.69, 9.17) is 5.73 Å². The summed E-state index contributed by atoms with van der Waals surface area (Å²) < 4.78 is 39.0. The van der Waals surface area contributed by atoms with Crippen LogP contribution in [-0.2, 0) is 12.6 Å². The lowest BCUT2D eigenvalue weighted by molar-refractivity contribution is -0.137. The summed E-state index contributed by atoms with van der Waals surface area (Å²) in [6.45, 7) is 0. The lowest BCUT2D eigenvalue weighted by Gasteiger charge is -2.06. The predicted octanol–water partition coefficient (Wildman–Crippen LogP) is 2.92. The van der Waals surface area contributed by atoms with Crippen LogP contribution in [0.25, 0.3) is 5.65 Å². The molecule has 0 aliphatic heterocycles. The Kier molecular flexibility index (Phi) is 3.04. The number of nitrogens with two attached hydrogens (primary N) is 1. The second kappa shape index (κ2) is 4.76. The zero-order valence-corrected chi connectivity index (χ0v) is 10.8. The van der Waals surface area contributed by atoms with Crippen molar-refractivity contribution in [3.63, 3.8) is 0 Å². The highest BCUT2D eigenvalue weighted by atomic mass is 19.4. The van der Waals surface area contributed by atoms with Crippen LogP contribution in [0, 0.1) is 0 Å². The molecule has 4 nitrogen and oxygen atoms in total. The van der Waals surface area contributed by atoms with E-state index >= 15 is 0 Å². The summed E-state index contributed by atoms with van der Waals surface area (Å²) in [4.78, 5) is 4.12. The number of rotatable bonds is 2. The predicted molar refractivity (Wildman–Crippen MR) is 71.6 cm³/mol. The number of anilines is 1. The number of alkyl halides is 3. The zero-order chi connectivity index (χ0) is 15.0. The molecule has 1 aromatic carbocycles. The lowest BCUT2D eigenvalue weighted by Crippen LogP contribution is -2.04. The summed E-state index contributed by atoms with van der Waals surface area (Å²) in [6, 6.07) is 8.42. The van der Waals surface area contributed by atoms with Gasteiger partial charge in [0, 0.05) is 18.7 Å². The average molecular weight is 292 g/mol. The smallest absolute Gasteiger partial charge is 0.384 e. The first kappa shape index (κ1) is 13.4. The van der Waals surface area contributed by atoms with Gasteiger partial charge in [-0.1, -0.05) is 12.1 Å². The summed E-state index contributed by atoms with van der Waals surface area (Å²) in [6.07, 6.45) is -2.32. The minimum atomic E-state index is -4.32. The van der Waals surface area contributed by atoms with Gasteiger partial charge < -0.3 is 5.73 Å². The summed E-state index contributed by atoms with van der Waals surface area (Å²) in [7, 11) is 0. The quantitative estimate of drug-likeness (QED) is 0.790. The number of nitrogen functional groups attached to an aromatic ring is 1. The van der Waals surface area contributed by atoms with Gasteiger partial charge in [0.2, 0.25) is 0 Å². The summed E-state index contributed by atoms with van der Waals surface area (Å²) in [5.41, 5.74) is 7.15. The number of benzene rings is 1. The van der Waals surface area contributed by atoms with Crippen molar-refractivity contribution in [1.82, 2.24) is 14.6 Å². The molecule has 3 rings (SSSR count). The number of hydrogen-bond acceptors (Lipinski definition) is 3. The minimum Gasteiger partial charge on any atom is -0.384 e. The Morgan fingerprint density at radius 1 is 1.10 bits per heavy atom. The van der Waals surface area contributed by atoms with Gasteiger partial charge in [-0.05, 0) is 23.8 Å². The molecule has 0 fully saturated rings. The number of aromatic nitrogens is 3. The van der Waals surface area contributed by atoms with E-state index < -0.39 is 11.7 Å². The van der Waals surface area contributed by atoms with E-state index in [1.54, 1.807) is 18.3 Å². The minimum absolute atomic E-state index is 0.418. The number of nitrogens with zero attached hydrogens (tertiary/aromatic N) is 3. The van der Waals surface area contributed by atoms with Crippen LogP contribution in [0.2, 0.25) is 0 Å². The van der Waals surface area contributed by atoms with Crippen molar-refractivity contribution in [2.45, 2.75) is 12.6 Å². The third kappa shape index (κ3) is 2.67. The highest BCUT2D eigenvalue weighted by Gasteiger charge is 2.29. The molecule has 0 amide bonds. The Morgan fingerprint density at radius 2 is 1.81 bits per heavy atom. The molecule has 0 aliphatic rings. The van der Waals surface area contributed by atoms with E-state index in [2.05, 4.69) is 10.1 Å². The van der Waals surface area contributed by atoms with Crippen molar-refractivity contribution in [3.05, 3.63) is 59.4 Å². The maximum Gasteiger partial charge on any atom is 0.416 e. The Balaban J connectivity index is 1.87. The largest absolute Gasteiger partial charge is 0.416 e. The van der Waals surface area contributed by atoms with Crippen LogP contribution < -0.4 is 5.73 Å². The molecule has 0 aliphatic carbocycles. The number of fused-ring (bicyclic) bond motifs is 1. The van der Waals surface area contributed by atoms with Crippen LogP contribution in [-0.4, -0.2) is 14.6 Å². The molecule has 0 radical (unpaired) electrons. The van der Waals surface area contributed by atoms with Gasteiger partial charge in [0.1, 0.15) is 5.82 Å². The summed E-state index contributed by atoms with van der Waals surface area (Å²) in [5, 5.41) is 4.29. The highest BCUT2D eigenvalue weighted by Crippen LogP contribution is 2.29. The first-order valence-corrected chi connectivity index (χ1v) is 6.19. The van der Waals surface area contributed by atoms with Gasteiger partial charge in [0.05, 0.1) is 11.3 Å². The van der Waals surface area contributed by atoms with Gasteiger partial charge in [-0.25, -0.2) is 4.98 Å². The fourth-order valence-corrected chi connectivity index (χ4v) is 2.07. The fraction of sp³-hybridized carbons (Fsp3) is 0.143. The van der Waals surface area contributed by atoms with Crippen molar-refractivity contribution in [2.24, 2.45) is 0 Å². The van der Waals surface area contributed by atoms with Crippen LogP contribution in [0.1, 0.15) is 16.8 Å². The fourth-order valence-electron chi connectivity index (χ4n) is 2.07. The SMILES string of the molecule is Nc1ccnc2cc(Cc3ccc(C(F)(F)F)cc3)nn12. The highest BCUT2D eigenvalue weighted by molar-refractivity contribution is 5.46. The van der Waals surface area contributed by atoms with E-state index in [-0.39, 0.29) is 0 Å². The summed E-state index contributed by atoms with van der Waals surface area (Å²) in [5.74, 6) is 0.457. The van der Waals surface area contributed by atoms with E-state index in [0.717, 1.165) is 17.7 Å². The van der Waals surface area contributed by atoms with Gasteiger partial charge in [-0.2, -0.15) is 22.8 Å². The van der Waals surface area contributed by atoms with E-state index in [1.807, 2.05) is 0 Å². The van der Waals surface area contributed by atoms with Crippen molar-refractivity contribution >= 4 is 11.5 Å². The molecule has 7 heteroatoms. The van der Waals surface area contributed by atoms with Crippen LogP contribution in [0.15, 0.2) is 42.6 Å². The van der Waals surface area contributed by atoms with Gasteiger partial charge >= 0.3 is 6.18 Å². The molecule has 0 saturated heterocycles. The van der Waals surface area contributed by atoms with Crippen LogP contribution in [0.4, 0.5) is 19.0 Å². The first-order valence-electron chi connectivity index (χ1n) is 6.19. The number of halogens is 3. The van der Waals surface area contributed by atoms with Crippen molar-refractivity contribution in [3.8, 4) is 0 Å². The van der Waals surface area contributed by atoms with E-state index in [0.29, 0.717) is 23.6 Å². The topological polar surface area (TPSA) is 56.2 Å². The Labute approximate surface area is 118 Å². The molecule has 21 heavy (non-hydrogen) atoms. The van der Waals surface area contributed by atoms with E-state index in [9.17, 15) is 13.2 Å². The molecule has 2 N–H and O–H groups in total. The van der Waals surface area contributed by atoms with Gasteiger partial charge in [-0.15, -0.1) is 0 Å². The van der Waals surface area contributed by atoms with Crippen molar-refractivity contribution in [1.29, 1.82) is 0 Å². The third-order valence-electron chi connectivity index (χ3n) is 3.10. The molecule has 0 spiro atoms. The standard InChI is InChI=1S/C14H11F3N4/c15-14(16,17)10-3-1-9(2-4-10)7-11-8-13-19-6-5-12(18)21(13)20-11/h1-6,8H,7,18H2. The third-order valence-corrected chi connectivity index (χ3v) is 3.10. The van der Waals surface area contributed by atoms with E-state index in [1.165, 1.54) is 16.6 Å². The molecular weight excluding hydrogens is 281 g/mol. The number of hydrogen-bond donors (Lipinski definition) is 1. The first-order chi connectivity index (χ1) is 9.93. The van der Waals surface area contributed by atoms with Crippen molar-refractivity contribution < 1.29 is 13.2 Å². The molecule has 108 valence electrons. The second-order valence-corrected chi connectivity index (χ2v) is 4.65. The molecular formula is C14H11F3N4. The average Bonchev–Trinajstić information content (AvgIpc) is 2.82. The van der Waals surface area contributed by atoms with Crippen LogP contribution in [0.5, 0.6) is 0 Å². The molecule has 0 atom stereocenters. The molecule has 0 bridgehead atoms. The Bertz CT molecular complexity index is 775. The Hall–Kier alpha value is -2.57. The van der Waals surface area contributed by atoms with Crippen LogP contribution in [0.3, 0.4) is 0 Å². The zero-order valence-electron chi connectivity index (χ0n) is 10.8. The molecule has 0 unspecified atom stereocenters. The molecule has 2 aromatic heterocycles. The summed E-state index contributed by atoms with van der Waals surface area (Å²) >= 11 is 0. The molecule has 2 heterocycles. The monoisotopic (exact) mass is 292 g/mol. The Morgan fingerprint density at radius 3 is 2.43 bits per heavy atom. The second-order valence-electron chi connectivity index (χ2n) is 4.65. The molecule has 0 saturated carbocycles. The van der Waals surface area contributed by atoms with Gasteiger partial charge in [0.15, 0.2) is 5.65 Å². The maximum absolute atomic E-state index is 12.5. The van der Waals surface area contributed by atoms with Gasteiger partial charge in [0.25, 0.3) is 0 Å². The van der Waals surface area contributed by atoms with Gasteiger partial charge in [-0.3, -0.25) is 0 Å².